The molecule has 0 aliphatic carbocycles. The molecule has 2 unspecified atom stereocenters. The normalized spacial score (nSPS) is 15.6. The van der Waals surface area contributed by atoms with Crippen LogP contribution in [0.5, 0.6) is 5.75 Å². The summed E-state index contributed by atoms with van der Waals surface area (Å²) in [7, 11) is -8.47. The maximum absolute atomic E-state index is 11.9. The van der Waals surface area contributed by atoms with E-state index in [4.69, 9.17) is 9.15 Å². The summed E-state index contributed by atoms with van der Waals surface area (Å²) >= 11 is 0. The van der Waals surface area contributed by atoms with Crippen LogP contribution in [-0.4, -0.2) is 43.0 Å². The molecule has 6 rings (SSSR count). The number of allylic oxidation sites excluding steroid dienone is 2. The third-order valence-corrected chi connectivity index (χ3v) is 11.7. The summed E-state index contributed by atoms with van der Waals surface area (Å²) in [5.41, 5.74) is 6.96. The van der Waals surface area contributed by atoms with Crippen molar-refractivity contribution >= 4 is 43.1 Å². The number of aryl methyl sites for hydroxylation is 1. The monoisotopic (exact) mass is 729 g/mol. The maximum atomic E-state index is 11.9. The number of benzene rings is 4. The fourth-order valence-electron chi connectivity index (χ4n) is 5.98. The summed E-state index contributed by atoms with van der Waals surface area (Å²) in [6, 6.07) is 31.5. The van der Waals surface area contributed by atoms with Crippen LogP contribution in [0.3, 0.4) is 0 Å². The van der Waals surface area contributed by atoms with Crippen molar-refractivity contribution in [3.05, 3.63) is 120 Å². The van der Waals surface area contributed by atoms with Crippen LogP contribution >= 0.6 is 0 Å². The minimum Gasteiger partial charge on any atom is -0.439 e. The molecular weight excluding hydrogens is 689 g/mol. The topological polar surface area (TPSA) is 138 Å². The van der Waals surface area contributed by atoms with Crippen LogP contribution in [0.25, 0.3) is 39.4 Å². The first-order valence-electron chi connectivity index (χ1n) is 16.8. The SMILES string of the molecule is CCC(=Cc1oc2ccc(-c3ccccc3)cc2[n+]1CCC(C)S(=O)(=O)O)C=C1Oc2ccc(-c3ccccc3)cc2N1CCC(C)S(=O)(=O)O. The molecule has 12 heteroatoms. The molecule has 0 radical (unpaired) electrons. The molecule has 2 heterocycles. The highest BCUT2D eigenvalue weighted by Crippen LogP contribution is 2.42. The third-order valence-electron chi connectivity index (χ3n) is 9.24. The Morgan fingerprint density at radius 1 is 0.784 bits per heavy atom. The minimum absolute atomic E-state index is 0.152. The number of ether oxygens (including phenoxy) is 1. The zero-order chi connectivity index (χ0) is 36.3. The fourth-order valence-corrected chi connectivity index (χ4v) is 6.79. The second-order valence-electron chi connectivity index (χ2n) is 12.7. The lowest BCUT2D eigenvalue weighted by Crippen LogP contribution is -2.37. The highest BCUT2D eigenvalue weighted by molar-refractivity contribution is 7.86. The Labute approximate surface area is 298 Å². The van der Waals surface area contributed by atoms with Crippen LogP contribution in [0.1, 0.15) is 45.9 Å². The van der Waals surface area contributed by atoms with E-state index >= 15 is 0 Å². The molecular formula is C39H41N2O8S2+. The summed E-state index contributed by atoms with van der Waals surface area (Å²) in [6.07, 6.45) is 4.64. The largest absolute Gasteiger partial charge is 0.439 e. The molecule has 0 fully saturated rings. The Balaban J connectivity index is 1.41. The number of rotatable bonds is 13. The van der Waals surface area contributed by atoms with Gasteiger partial charge in [-0.1, -0.05) is 79.7 Å². The number of fused-ring (bicyclic) bond motifs is 2. The van der Waals surface area contributed by atoms with Crippen LogP contribution in [0.4, 0.5) is 5.69 Å². The average Bonchev–Trinajstić information content (AvgIpc) is 3.64. The highest BCUT2D eigenvalue weighted by atomic mass is 32.2. The van der Waals surface area contributed by atoms with Gasteiger partial charge in [0, 0.05) is 25.1 Å². The summed E-state index contributed by atoms with van der Waals surface area (Å²) in [4.78, 5) is 1.92. The van der Waals surface area contributed by atoms with E-state index in [1.807, 2.05) is 126 Å². The first-order valence-corrected chi connectivity index (χ1v) is 19.8. The number of hydrogen-bond acceptors (Lipinski definition) is 7. The van der Waals surface area contributed by atoms with Crippen molar-refractivity contribution in [3.8, 4) is 28.0 Å². The smallest absolute Gasteiger partial charge is 0.374 e. The molecule has 2 N–H and O–H groups in total. The van der Waals surface area contributed by atoms with Gasteiger partial charge in [0.25, 0.3) is 25.8 Å². The highest BCUT2D eigenvalue weighted by Gasteiger charge is 2.30. The Bertz CT molecular complexity index is 2320. The van der Waals surface area contributed by atoms with Crippen LogP contribution in [0.15, 0.2) is 119 Å². The third kappa shape index (κ3) is 8.26. The number of nitrogens with zero attached hydrogens (tertiary/aromatic N) is 2. The molecule has 0 bridgehead atoms. The zero-order valence-electron chi connectivity index (χ0n) is 28.6. The van der Waals surface area contributed by atoms with Crippen LogP contribution in [0, 0.1) is 0 Å². The lowest BCUT2D eigenvalue weighted by atomic mass is 10.0. The van der Waals surface area contributed by atoms with Crippen molar-refractivity contribution in [3.63, 3.8) is 0 Å². The molecule has 2 atom stereocenters. The van der Waals surface area contributed by atoms with Gasteiger partial charge in [0.05, 0.1) is 22.3 Å². The standard InChI is InChI=1S/C39H40N2O8S2/c1-4-29(23-38-40(21-19-27(2)50(42,43)44)34-25-32(15-17-36(34)48-38)30-11-7-5-8-12-30)24-39-41(22-20-28(3)51(45,46)47)35-26-33(16-18-37(35)49-39)31-13-9-6-10-14-31/h5-18,23-28H,4,19-22H2,1-3H3,(H-,42,43,44,45,46,47)/p+1. The van der Waals surface area contributed by atoms with Crippen molar-refractivity contribution < 1.29 is 39.7 Å². The molecule has 1 aliphatic rings. The summed E-state index contributed by atoms with van der Waals surface area (Å²) in [5, 5.41) is -1.97. The Morgan fingerprint density at radius 2 is 1.37 bits per heavy atom. The van der Waals surface area contributed by atoms with Gasteiger partial charge in [-0.3, -0.25) is 9.11 Å². The van der Waals surface area contributed by atoms with E-state index in [0.717, 1.165) is 39.0 Å². The molecule has 4 aromatic carbocycles. The zero-order valence-corrected chi connectivity index (χ0v) is 30.3. The second-order valence-corrected chi connectivity index (χ2v) is 16.4. The van der Waals surface area contributed by atoms with Crippen molar-refractivity contribution in [2.45, 2.75) is 57.1 Å². The van der Waals surface area contributed by atoms with Crippen molar-refractivity contribution in [2.75, 3.05) is 11.4 Å². The summed E-state index contributed by atoms with van der Waals surface area (Å²) in [5.74, 6) is 1.59. The first-order chi connectivity index (χ1) is 24.3. The minimum atomic E-state index is -4.24. The first kappa shape index (κ1) is 36.1. The van der Waals surface area contributed by atoms with E-state index in [9.17, 15) is 25.9 Å². The fraction of sp³-hybridized carbons (Fsp3) is 0.256. The lowest BCUT2D eigenvalue weighted by Gasteiger charge is -2.20. The number of anilines is 1. The van der Waals surface area contributed by atoms with Gasteiger partial charge in [0.1, 0.15) is 0 Å². The molecule has 1 aromatic heterocycles. The molecule has 0 saturated carbocycles. The Morgan fingerprint density at radius 3 is 1.98 bits per heavy atom. The average molecular weight is 730 g/mol. The quantitative estimate of drug-likeness (QED) is 0.0914. The molecule has 266 valence electrons. The van der Waals surface area contributed by atoms with Crippen LogP contribution in [0.2, 0.25) is 0 Å². The molecule has 5 aromatic rings. The summed E-state index contributed by atoms with van der Waals surface area (Å²) < 4.78 is 81.7. The molecule has 1 aliphatic heterocycles. The van der Waals surface area contributed by atoms with E-state index in [-0.39, 0.29) is 25.9 Å². The molecule has 0 amide bonds. The van der Waals surface area contributed by atoms with Crippen LogP contribution in [-0.2, 0) is 26.8 Å². The Hall–Kier alpha value is -4.75. The molecule has 10 nitrogen and oxygen atoms in total. The van der Waals surface area contributed by atoms with Crippen molar-refractivity contribution in [2.24, 2.45) is 0 Å². The van der Waals surface area contributed by atoms with E-state index in [1.165, 1.54) is 13.8 Å². The van der Waals surface area contributed by atoms with E-state index < -0.39 is 30.7 Å². The van der Waals surface area contributed by atoms with Gasteiger partial charge in [0.2, 0.25) is 11.5 Å². The summed E-state index contributed by atoms with van der Waals surface area (Å²) in [6.45, 7) is 5.45. The van der Waals surface area contributed by atoms with Gasteiger partial charge < -0.3 is 14.1 Å². The predicted octanol–water partition coefficient (Wildman–Crippen LogP) is 7.92. The second kappa shape index (κ2) is 14.8. The van der Waals surface area contributed by atoms with Gasteiger partial charge in [-0.2, -0.15) is 21.4 Å². The van der Waals surface area contributed by atoms with E-state index in [1.54, 1.807) is 0 Å². The number of oxazole rings is 1. The maximum Gasteiger partial charge on any atom is 0.374 e. The van der Waals surface area contributed by atoms with E-state index in [2.05, 4.69) is 0 Å². The number of aromatic nitrogens is 1. The van der Waals surface area contributed by atoms with Gasteiger partial charge in [-0.05, 0) is 72.7 Å². The van der Waals surface area contributed by atoms with E-state index in [0.29, 0.717) is 29.5 Å². The van der Waals surface area contributed by atoms with Gasteiger partial charge in [-0.15, -0.1) is 0 Å². The number of hydrogen-bond donors (Lipinski definition) is 2. The van der Waals surface area contributed by atoms with Gasteiger partial charge >= 0.3 is 5.89 Å². The van der Waals surface area contributed by atoms with Gasteiger partial charge in [-0.25, -0.2) is 0 Å². The molecule has 0 saturated heterocycles. The van der Waals surface area contributed by atoms with Crippen LogP contribution < -0.4 is 14.2 Å². The van der Waals surface area contributed by atoms with Crippen molar-refractivity contribution in [1.82, 2.24) is 0 Å². The van der Waals surface area contributed by atoms with Gasteiger partial charge in [0.15, 0.2) is 12.3 Å². The molecule has 0 spiro atoms. The predicted molar refractivity (Wildman–Crippen MR) is 199 cm³/mol. The van der Waals surface area contributed by atoms with Crippen molar-refractivity contribution in [1.29, 1.82) is 0 Å². The Kier molecular flexibility index (Phi) is 10.5. The molecule has 51 heavy (non-hydrogen) atoms. The lowest BCUT2D eigenvalue weighted by molar-refractivity contribution is -0.678.